The molecule has 0 bridgehead atoms. The van der Waals surface area contributed by atoms with Gasteiger partial charge < -0.3 is 9.64 Å². The first-order chi connectivity index (χ1) is 10.5. The van der Waals surface area contributed by atoms with Gasteiger partial charge in [0.25, 0.3) is 0 Å². The average molecular weight is 342 g/mol. The fourth-order valence-electron chi connectivity index (χ4n) is 1.87. The third-order valence-electron chi connectivity index (χ3n) is 2.91. The Balaban J connectivity index is 2.46. The van der Waals surface area contributed by atoms with E-state index in [9.17, 15) is 13.2 Å². The van der Waals surface area contributed by atoms with Gasteiger partial charge in [-0.05, 0) is 33.3 Å². The third-order valence-corrected chi connectivity index (χ3v) is 4.27. The molecule has 6 nitrogen and oxygen atoms in total. The van der Waals surface area contributed by atoms with E-state index in [0.717, 1.165) is 11.1 Å². The van der Waals surface area contributed by atoms with Gasteiger partial charge in [0.15, 0.2) is 0 Å². The molecule has 1 N–H and O–H groups in total. The Morgan fingerprint density at radius 1 is 1.30 bits per heavy atom. The topological polar surface area (TPSA) is 75.7 Å². The minimum absolute atomic E-state index is 0.0785. The minimum atomic E-state index is -3.44. The Kier molecular flexibility index (Phi) is 6.58. The predicted octanol–water partition coefficient (Wildman–Crippen LogP) is 2.28. The van der Waals surface area contributed by atoms with Crippen molar-refractivity contribution in [3.05, 3.63) is 35.4 Å². The third kappa shape index (κ3) is 7.99. The van der Waals surface area contributed by atoms with E-state index in [1.54, 1.807) is 33.9 Å². The zero-order valence-corrected chi connectivity index (χ0v) is 15.2. The molecule has 0 unspecified atom stereocenters. The van der Waals surface area contributed by atoms with E-state index < -0.39 is 21.7 Å². The van der Waals surface area contributed by atoms with Crippen LogP contribution in [0.1, 0.15) is 31.9 Å². The molecule has 23 heavy (non-hydrogen) atoms. The molecule has 0 saturated carbocycles. The lowest BCUT2D eigenvalue weighted by molar-refractivity contribution is 0.0302. The second-order valence-electron chi connectivity index (χ2n) is 6.54. The van der Waals surface area contributed by atoms with Crippen LogP contribution in [0.25, 0.3) is 0 Å². The van der Waals surface area contributed by atoms with E-state index in [2.05, 4.69) is 4.72 Å². The largest absolute Gasteiger partial charge is 0.444 e. The van der Waals surface area contributed by atoms with Crippen molar-refractivity contribution in [1.82, 2.24) is 9.62 Å². The molecule has 0 saturated heterocycles. The van der Waals surface area contributed by atoms with E-state index in [1.807, 2.05) is 25.1 Å². The van der Waals surface area contributed by atoms with Gasteiger partial charge in [-0.25, -0.2) is 17.9 Å². The number of benzene rings is 1. The highest BCUT2D eigenvalue weighted by atomic mass is 32.2. The maximum atomic E-state index is 12.0. The summed E-state index contributed by atoms with van der Waals surface area (Å²) >= 11 is 0. The van der Waals surface area contributed by atoms with Gasteiger partial charge in [0.2, 0.25) is 10.0 Å². The second-order valence-corrected chi connectivity index (χ2v) is 8.35. The van der Waals surface area contributed by atoms with Gasteiger partial charge in [-0.3, -0.25) is 0 Å². The second kappa shape index (κ2) is 7.79. The van der Waals surface area contributed by atoms with Crippen LogP contribution in [0.3, 0.4) is 0 Å². The molecular formula is C16H26N2O4S. The van der Waals surface area contributed by atoms with E-state index >= 15 is 0 Å². The molecule has 0 aliphatic carbocycles. The highest BCUT2D eigenvalue weighted by molar-refractivity contribution is 7.88. The summed E-state index contributed by atoms with van der Waals surface area (Å²) in [5, 5.41) is 0. The number of nitrogens with one attached hydrogen (secondary N) is 1. The van der Waals surface area contributed by atoms with Crippen LogP contribution in [-0.4, -0.2) is 45.1 Å². The molecule has 1 rings (SSSR count). The maximum absolute atomic E-state index is 12.0. The number of hydrogen-bond acceptors (Lipinski definition) is 4. The van der Waals surface area contributed by atoms with Gasteiger partial charge in [0.1, 0.15) is 5.60 Å². The van der Waals surface area contributed by atoms with Crippen molar-refractivity contribution in [2.24, 2.45) is 0 Å². The summed E-state index contributed by atoms with van der Waals surface area (Å²) in [5.41, 5.74) is 1.18. The monoisotopic (exact) mass is 342 g/mol. The molecule has 0 atom stereocenters. The molecule has 0 heterocycles. The van der Waals surface area contributed by atoms with E-state index in [4.69, 9.17) is 4.74 Å². The summed E-state index contributed by atoms with van der Waals surface area (Å²) in [7, 11) is -1.86. The number of sulfonamides is 1. The van der Waals surface area contributed by atoms with Crippen molar-refractivity contribution >= 4 is 16.1 Å². The van der Waals surface area contributed by atoms with Gasteiger partial charge in [-0.15, -0.1) is 0 Å². The van der Waals surface area contributed by atoms with Gasteiger partial charge in [0, 0.05) is 20.1 Å². The normalized spacial score (nSPS) is 12.0. The standard InChI is InChI=1S/C16H26N2O4S/c1-13-7-6-8-14(11-13)12-23(20,21)17-9-10-18(5)15(19)22-16(2,3)4/h6-8,11,17H,9-10,12H2,1-5H3. The SMILES string of the molecule is Cc1cccc(CS(=O)(=O)NCCN(C)C(=O)OC(C)(C)C)c1. The number of aryl methyl sites for hydroxylation is 1. The first-order valence-corrected chi connectivity index (χ1v) is 9.11. The van der Waals surface area contributed by atoms with Crippen LogP contribution in [0, 0.1) is 6.92 Å². The fourth-order valence-corrected chi connectivity index (χ4v) is 3.00. The Hall–Kier alpha value is -1.60. The van der Waals surface area contributed by atoms with Gasteiger partial charge >= 0.3 is 6.09 Å². The van der Waals surface area contributed by atoms with Crippen LogP contribution in [0.5, 0.6) is 0 Å². The van der Waals surface area contributed by atoms with Crippen molar-refractivity contribution in [3.8, 4) is 0 Å². The zero-order valence-electron chi connectivity index (χ0n) is 14.4. The minimum Gasteiger partial charge on any atom is -0.444 e. The number of carbonyl (C=O) groups excluding carboxylic acids is 1. The summed E-state index contributed by atoms with van der Waals surface area (Å²) in [6.45, 7) is 7.64. The summed E-state index contributed by atoms with van der Waals surface area (Å²) in [6, 6.07) is 7.36. The zero-order chi connectivity index (χ0) is 17.7. The number of ether oxygens (including phenoxy) is 1. The molecule has 0 spiro atoms. The predicted molar refractivity (Wildman–Crippen MR) is 90.7 cm³/mol. The average Bonchev–Trinajstić information content (AvgIpc) is 2.35. The maximum Gasteiger partial charge on any atom is 0.410 e. The van der Waals surface area contributed by atoms with Crippen molar-refractivity contribution in [3.63, 3.8) is 0 Å². The molecule has 1 aromatic rings. The summed E-state index contributed by atoms with van der Waals surface area (Å²) in [5.74, 6) is -0.0785. The molecule has 7 heteroatoms. The number of rotatable bonds is 6. The molecule has 130 valence electrons. The summed E-state index contributed by atoms with van der Waals surface area (Å²) in [6.07, 6.45) is -0.476. The van der Waals surface area contributed by atoms with Crippen LogP contribution in [0.2, 0.25) is 0 Å². The van der Waals surface area contributed by atoms with Crippen molar-refractivity contribution in [1.29, 1.82) is 0 Å². The number of carbonyl (C=O) groups is 1. The number of nitrogens with zero attached hydrogens (tertiary/aromatic N) is 1. The molecule has 0 aromatic heterocycles. The molecular weight excluding hydrogens is 316 g/mol. The number of hydrogen-bond donors (Lipinski definition) is 1. The van der Waals surface area contributed by atoms with Crippen molar-refractivity contribution in [2.75, 3.05) is 20.1 Å². The van der Waals surface area contributed by atoms with Gasteiger partial charge in [-0.1, -0.05) is 29.8 Å². The molecule has 0 aliphatic heterocycles. The molecule has 1 aromatic carbocycles. The Bertz CT molecular complexity index is 636. The number of likely N-dealkylation sites (N-methyl/N-ethyl adjacent to an activating group) is 1. The fraction of sp³-hybridized carbons (Fsp3) is 0.562. The van der Waals surface area contributed by atoms with Gasteiger partial charge in [0.05, 0.1) is 5.75 Å². The van der Waals surface area contributed by atoms with Crippen LogP contribution in [-0.2, 0) is 20.5 Å². The van der Waals surface area contributed by atoms with Crippen LogP contribution >= 0.6 is 0 Å². The lowest BCUT2D eigenvalue weighted by Crippen LogP contribution is -2.39. The highest BCUT2D eigenvalue weighted by Crippen LogP contribution is 2.09. The molecule has 0 radical (unpaired) electrons. The van der Waals surface area contributed by atoms with E-state index in [1.165, 1.54) is 4.90 Å². The molecule has 0 aliphatic rings. The van der Waals surface area contributed by atoms with Crippen LogP contribution in [0.4, 0.5) is 4.79 Å². The quantitative estimate of drug-likeness (QED) is 0.860. The first kappa shape index (κ1) is 19.4. The highest BCUT2D eigenvalue weighted by Gasteiger charge is 2.20. The summed E-state index contributed by atoms with van der Waals surface area (Å²) in [4.78, 5) is 13.1. The van der Waals surface area contributed by atoms with E-state index in [0.29, 0.717) is 0 Å². The van der Waals surface area contributed by atoms with Crippen LogP contribution in [0.15, 0.2) is 24.3 Å². The Labute approximate surface area is 138 Å². The number of amides is 1. The Morgan fingerprint density at radius 3 is 2.52 bits per heavy atom. The summed E-state index contributed by atoms with van der Waals surface area (Å²) < 4.78 is 31.8. The molecule has 0 fully saturated rings. The van der Waals surface area contributed by atoms with Crippen molar-refractivity contribution in [2.45, 2.75) is 39.0 Å². The Morgan fingerprint density at radius 2 is 1.96 bits per heavy atom. The first-order valence-electron chi connectivity index (χ1n) is 7.45. The lowest BCUT2D eigenvalue weighted by atomic mass is 10.2. The lowest BCUT2D eigenvalue weighted by Gasteiger charge is -2.24. The van der Waals surface area contributed by atoms with Gasteiger partial charge in [-0.2, -0.15) is 0 Å². The van der Waals surface area contributed by atoms with Crippen LogP contribution < -0.4 is 4.72 Å². The smallest absolute Gasteiger partial charge is 0.410 e. The molecule has 1 amide bonds. The van der Waals surface area contributed by atoms with Crippen molar-refractivity contribution < 1.29 is 17.9 Å². The van der Waals surface area contributed by atoms with E-state index in [-0.39, 0.29) is 18.8 Å².